The van der Waals surface area contributed by atoms with E-state index in [4.69, 9.17) is 11.1 Å². The van der Waals surface area contributed by atoms with Gasteiger partial charge in [0.2, 0.25) is 0 Å². The van der Waals surface area contributed by atoms with Crippen molar-refractivity contribution in [3.05, 3.63) is 54.0 Å². The van der Waals surface area contributed by atoms with Crippen LogP contribution in [0.2, 0.25) is 0 Å². The minimum Gasteiger partial charge on any atom is -0.384 e. The third kappa shape index (κ3) is 2.45. The van der Waals surface area contributed by atoms with E-state index in [-0.39, 0.29) is 11.7 Å². The second kappa shape index (κ2) is 4.83. The smallest absolute Gasteiger partial charge is 0.141 e. The van der Waals surface area contributed by atoms with Crippen LogP contribution in [0.4, 0.5) is 15.9 Å². The van der Waals surface area contributed by atoms with Crippen molar-refractivity contribution >= 4 is 17.3 Å². The van der Waals surface area contributed by atoms with E-state index in [1.807, 2.05) is 24.1 Å². The van der Waals surface area contributed by atoms with E-state index in [0.29, 0.717) is 11.4 Å². The molecule has 5 heteroatoms. The fourth-order valence-electron chi connectivity index (χ4n) is 1.56. The van der Waals surface area contributed by atoms with Crippen LogP contribution < -0.4 is 10.6 Å². The topological polar surface area (TPSA) is 66.0 Å². The minimum atomic E-state index is -0.362. The molecule has 0 unspecified atom stereocenters. The van der Waals surface area contributed by atoms with E-state index in [9.17, 15) is 4.39 Å². The second-order valence-corrected chi connectivity index (χ2v) is 3.85. The van der Waals surface area contributed by atoms with Gasteiger partial charge in [-0.15, -0.1) is 0 Å². The maximum Gasteiger partial charge on any atom is 0.141 e. The SMILES string of the molecule is CN(c1ccc(C(=N)N)cc1)c1ccc(F)cn1. The van der Waals surface area contributed by atoms with Gasteiger partial charge in [-0.2, -0.15) is 0 Å². The first-order chi connectivity index (χ1) is 8.58. The normalized spacial score (nSPS) is 10.1. The number of halogens is 1. The number of pyridine rings is 1. The van der Waals surface area contributed by atoms with E-state index in [1.54, 1.807) is 18.2 Å². The van der Waals surface area contributed by atoms with Gasteiger partial charge in [0.05, 0.1) is 6.20 Å². The quantitative estimate of drug-likeness (QED) is 0.643. The van der Waals surface area contributed by atoms with Gasteiger partial charge >= 0.3 is 0 Å². The van der Waals surface area contributed by atoms with Gasteiger partial charge in [-0.3, -0.25) is 5.41 Å². The summed E-state index contributed by atoms with van der Waals surface area (Å²) in [5, 5.41) is 7.31. The zero-order valence-corrected chi connectivity index (χ0v) is 9.89. The summed E-state index contributed by atoms with van der Waals surface area (Å²) >= 11 is 0. The average molecular weight is 244 g/mol. The molecule has 0 saturated heterocycles. The zero-order valence-electron chi connectivity index (χ0n) is 9.89. The van der Waals surface area contributed by atoms with Crippen LogP contribution in [-0.4, -0.2) is 17.9 Å². The minimum absolute atomic E-state index is 0.0316. The van der Waals surface area contributed by atoms with Gasteiger partial charge in [0.1, 0.15) is 17.5 Å². The summed E-state index contributed by atoms with van der Waals surface area (Å²) in [5.41, 5.74) is 6.94. The largest absolute Gasteiger partial charge is 0.384 e. The Labute approximate surface area is 104 Å². The van der Waals surface area contributed by atoms with E-state index in [2.05, 4.69) is 4.98 Å². The Morgan fingerprint density at radius 2 is 1.89 bits per heavy atom. The third-order valence-corrected chi connectivity index (χ3v) is 2.62. The van der Waals surface area contributed by atoms with Gasteiger partial charge in [-0.05, 0) is 36.4 Å². The summed E-state index contributed by atoms with van der Waals surface area (Å²) in [7, 11) is 1.84. The first-order valence-electron chi connectivity index (χ1n) is 5.37. The number of benzene rings is 1. The molecule has 0 radical (unpaired) electrons. The maximum absolute atomic E-state index is 12.8. The van der Waals surface area contributed by atoms with Crippen molar-refractivity contribution in [3.63, 3.8) is 0 Å². The Bertz CT molecular complexity index is 548. The molecule has 0 spiro atoms. The van der Waals surface area contributed by atoms with Crippen LogP contribution >= 0.6 is 0 Å². The summed E-state index contributed by atoms with van der Waals surface area (Å²) in [6.07, 6.45) is 1.18. The number of hydrogen-bond acceptors (Lipinski definition) is 3. The number of nitrogen functional groups attached to an aromatic ring is 1. The molecule has 1 heterocycles. The molecule has 0 aliphatic heterocycles. The van der Waals surface area contributed by atoms with E-state index >= 15 is 0 Å². The molecule has 3 N–H and O–H groups in total. The summed E-state index contributed by atoms with van der Waals surface area (Å²) in [6, 6.07) is 10.2. The molecule has 92 valence electrons. The number of anilines is 2. The number of rotatable bonds is 3. The molecule has 0 aliphatic carbocycles. The summed E-state index contributed by atoms with van der Waals surface area (Å²) in [4.78, 5) is 5.82. The van der Waals surface area contributed by atoms with Crippen molar-refractivity contribution in [2.75, 3.05) is 11.9 Å². The molecule has 1 aromatic carbocycles. The van der Waals surface area contributed by atoms with Crippen molar-refractivity contribution in [1.29, 1.82) is 5.41 Å². The summed E-state index contributed by atoms with van der Waals surface area (Å²) < 4.78 is 12.8. The van der Waals surface area contributed by atoms with E-state index in [0.717, 1.165) is 5.69 Å². The first kappa shape index (κ1) is 12.0. The monoisotopic (exact) mass is 244 g/mol. The summed E-state index contributed by atoms with van der Waals surface area (Å²) in [6.45, 7) is 0. The molecular weight excluding hydrogens is 231 g/mol. The van der Waals surface area contributed by atoms with Gasteiger partial charge in [-0.1, -0.05) is 0 Å². The molecule has 18 heavy (non-hydrogen) atoms. The standard InChI is InChI=1S/C13H13FN4/c1-18(12-7-4-10(14)8-17-12)11-5-2-9(3-6-11)13(15)16/h2-8H,1H3,(H3,15,16). The Hall–Kier alpha value is -2.43. The molecular formula is C13H13FN4. The van der Waals surface area contributed by atoms with E-state index in [1.165, 1.54) is 12.3 Å². The van der Waals surface area contributed by atoms with Gasteiger partial charge in [0.25, 0.3) is 0 Å². The highest BCUT2D eigenvalue weighted by molar-refractivity contribution is 5.95. The summed E-state index contributed by atoms with van der Waals surface area (Å²) in [5.74, 6) is 0.315. The predicted molar refractivity (Wildman–Crippen MR) is 69.7 cm³/mol. The van der Waals surface area contributed by atoms with Crippen molar-refractivity contribution in [1.82, 2.24) is 4.98 Å². The molecule has 0 bridgehead atoms. The lowest BCUT2D eigenvalue weighted by Crippen LogP contribution is -2.13. The third-order valence-electron chi connectivity index (χ3n) is 2.62. The van der Waals surface area contributed by atoms with Gasteiger partial charge in [0.15, 0.2) is 0 Å². The lowest BCUT2D eigenvalue weighted by molar-refractivity contribution is 0.621. The van der Waals surface area contributed by atoms with Crippen LogP contribution in [0.5, 0.6) is 0 Å². The van der Waals surface area contributed by atoms with Crippen LogP contribution in [0.3, 0.4) is 0 Å². The van der Waals surface area contributed by atoms with Gasteiger partial charge in [0, 0.05) is 18.3 Å². The number of hydrogen-bond donors (Lipinski definition) is 2. The number of nitrogens with one attached hydrogen (secondary N) is 1. The second-order valence-electron chi connectivity index (χ2n) is 3.85. The van der Waals surface area contributed by atoms with Gasteiger partial charge < -0.3 is 10.6 Å². The van der Waals surface area contributed by atoms with Gasteiger partial charge in [-0.25, -0.2) is 9.37 Å². The van der Waals surface area contributed by atoms with Crippen LogP contribution in [0.25, 0.3) is 0 Å². The number of amidine groups is 1. The number of nitrogens with zero attached hydrogens (tertiary/aromatic N) is 2. The highest BCUT2D eigenvalue weighted by Crippen LogP contribution is 2.21. The number of aromatic nitrogens is 1. The fraction of sp³-hybridized carbons (Fsp3) is 0.0769. The Morgan fingerprint density at radius 3 is 2.39 bits per heavy atom. The number of nitrogens with two attached hydrogens (primary N) is 1. The molecule has 0 amide bonds. The highest BCUT2D eigenvalue weighted by atomic mass is 19.1. The molecule has 4 nitrogen and oxygen atoms in total. The fourth-order valence-corrected chi connectivity index (χ4v) is 1.56. The van der Waals surface area contributed by atoms with Crippen molar-refractivity contribution in [2.45, 2.75) is 0 Å². The van der Waals surface area contributed by atoms with Crippen molar-refractivity contribution in [3.8, 4) is 0 Å². The van der Waals surface area contributed by atoms with Crippen LogP contribution in [-0.2, 0) is 0 Å². The highest BCUT2D eigenvalue weighted by Gasteiger charge is 2.05. The molecule has 1 aromatic heterocycles. The lowest BCUT2D eigenvalue weighted by Gasteiger charge is -2.18. The van der Waals surface area contributed by atoms with Crippen molar-refractivity contribution < 1.29 is 4.39 Å². The average Bonchev–Trinajstić information content (AvgIpc) is 2.39. The van der Waals surface area contributed by atoms with E-state index < -0.39 is 0 Å². The molecule has 0 saturated carbocycles. The zero-order chi connectivity index (χ0) is 13.1. The molecule has 0 aliphatic rings. The Kier molecular flexibility index (Phi) is 3.23. The molecule has 0 fully saturated rings. The Morgan fingerprint density at radius 1 is 1.22 bits per heavy atom. The van der Waals surface area contributed by atoms with Crippen molar-refractivity contribution in [2.24, 2.45) is 5.73 Å². The van der Waals surface area contributed by atoms with Crippen LogP contribution in [0.1, 0.15) is 5.56 Å². The maximum atomic E-state index is 12.8. The molecule has 2 rings (SSSR count). The first-order valence-corrected chi connectivity index (χ1v) is 5.37. The molecule has 0 atom stereocenters. The van der Waals surface area contributed by atoms with Crippen LogP contribution in [0.15, 0.2) is 42.6 Å². The lowest BCUT2D eigenvalue weighted by atomic mass is 10.2. The molecule has 2 aromatic rings. The Balaban J connectivity index is 2.25. The predicted octanol–water partition coefficient (Wildman–Crippen LogP) is 2.27. The van der Waals surface area contributed by atoms with Crippen LogP contribution in [0, 0.1) is 11.2 Å².